The van der Waals surface area contributed by atoms with E-state index in [1.165, 1.54) is 11.1 Å². The van der Waals surface area contributed by atoms with Crippen molar-refractivity contribution in [3.05, 3.63) is 35.4 Å². The molecule has 0 bridgehead atoms. The van der Waals surface area contributed by atoms with Crippen LogP contribution in [0.2, 0.25) is 0 Å². The van der Waals surface area contributed by atoms with Gasteiger partial charge in [-0.15, -0.1) is 0 Å². The van der Waals surface area contributed by atoms with Gasteiger partial charge in [0, 0.05) is 0 Å². The molecule has 1 unspecified atom stereocenters. The van der Waals surface area contributed by atoms with Gasteiger partial charge in [0.1, 0.15) is 0 Å². The van der Waals surface area contributed by atoms with Crippen LogP contribution in [-0.4, -0.2) is 12.6 Å². The Kier molecular flexibility index (Phi) is 5.75. The Hall–Kier alpha value is -1.31. The molecule has 0 saturated heterocycles. The van der Waals surface area contributed by atoms with E-state index < -0.39 is 0 Å². The Labute approximate surface area is 104 Å². The molecule has 0 fully saturated rings. The molecule has 0 spiro atoms. The maximum absolute atomic E-state index is 11.5. The predicted octanol–water partition coefficient (Wildman–Crippen LogP) is 3.70. The first-order valence-electron chi connectivity index (χ1n) is 6.41. The fraction of sp³-hybridized carbons (Fsp3) is 0.533. The van der Waals surface area contributed by atoms with E-state index in [0.29, 0.717) is 13.0 Å². The second kappa shape index (κ2) is 7.10. The molecule has 1 aromatic carbocycles. The van der Waals surface area contributed by atoms with Crippen LogP contribution < -0.4 is 0 Å². The molecule has 0 aliphatic rings. The molecule has 0 saturated carbocycles. The normalized spacial score (nSPS) is 12.2. The van der Waals surface area contributed by atoms with Gasteiger partial charge in [-0.25, -0.2) is 0 Å². The van der Waals surface area contributed by atoms with E-state index in [4.69, 9.17) is 4.74 Å². The molecule has 0 N–H and O–H groups in total. The van der Waals surface area contributed by atoms with E-state index in [-0.39, 0.29) is 11.9 Å². The summed E-state index contributed by atoms with van der Waals surface area (Å²) < 4.78 is 5.09. The summed E-state index contributed by atoms with van der Waals surface area (Å²) in [5, 5.41) is 0. The number of hydrogen-bond acceptors (Lipinski definition) is 2. The number of ether oxygens (including phenoxy) is 1. The monoisotopic (exact) mass is 234 g/mol. The fourth-order valence-electron chi connectivity index (χ4n) is 1.72. The van der Waals surface area contributed by atoms with Crippen LogP contribution in [0.15, 0.2) is 24.3 Å². The van der Waals surface area contributed by atoms with Crippen LogP contribution in [0.3, 0.4) is 0 Å². The third-order valence-electron chi connectivity index (χ3n) is 2.90. The summed E-state index contributed by atoms with van der Waals surface area (Å²) in [5.41, 5.74) is 2.53. The van der Waals surface area contributed by atoms with Crippen molar-refractivity contribution in [1.82, 2.24) is 0 Å². The van der Waals surface area contributed by atoms with Gasteiger partial charge in [-0.3, -0.25) is 4.79 Å². The highest BCUT2D eigenvalue weighted by atomic mass is 16.5. The predicted molar refractivity (Wildman–Crippen MR) is 70.1 cm³/mol. The Morgan fingerprint density at radius 2 is 1.88 bits per heavy atom. The molecule has 94 valence electrons. The molecule has 1 atom stereocenters. The van der Waals surface area contributed by atoms with Crippen LogP contribution in [-0.2, 0) is 16.0 Å². The highest BCUT2D eigenvalue weighted by Crippen LogP contribution is 2.20. The summed E-state index contributed by atoms with van der Waals surface area (Å²) in [4.78, 5) is 11.5. The Bertz CT molecular complexity index is 340. The van der Waals surface area contributed by atoms with Crippen LogP contribution in [0.25, 0.3) is 0 Å². The third kappa shape index (κ3) is 4.59. The van der Waals surface area contributed by atoms with Crippen molar-refractivity contribution in [2.24, 2.45) is 0 Å². The number of rotatable bonds is 6. The van der Waals surface area contributed by atoms with Crippen LogP contribution >= 0.6 is 0 Å². The molecule has 0 aromatic heterocycles. The van der Waals surface area contributed by atoms with Gasteiger partial charge in [0.25, 0.3) is 0 Å². The summed E-state index contributed by atoms with van der Waals surface area (Å²) in [6.45, 7) is 6.73. The molecule has 0 radical (unpaired) electrons. The van der Waals surface area contributed by atoms with Crippen LogP contribution in [0.1, 0.15) is 50.7 Å². The number of carbonyl (C=O) groups is 1. The first kappa shape index (κ1) is 13.8. The van der Waals surface area contributed by atoms with Gasteiger partial charge < -0.3 is 4.74 Å². The minimum absolute atomic E-state index is 0.0982. The number of benzene rings is 1. The molecule has 17 heavy (non-hydrogen) atoms. The molecule has 2 nitrogen and oxygen atoms in total. The van der Waals surface area contributed by atoms with Gasteiger partial charge >= 0.3 is 5.97 Å². The van der Waals surface area contributed by atoms with E-state index in [0.717, 1.165) is 12.8 Å². The maximum Gasteiger partial charge on any atom is 0.306 e. The minimum atomic E-state index is -0.0982. The highest BCUT2D eigenvalue weighted by molar-refractivity contribution is 5.70. The first-order valence-corrected chi connectivity index (χ1v) is 6.41. The molecule has 1 rings (SSSR count). The Morgan fingerprint density at radius 1 is 1.24 bits per heavy atom. The standard InChI is InChI=1S/C15H22O2/c1-4-10-17-15(16)11-12(3)14-8-6-13(5-2)7-9-14/h6-9,12H,4-5,10-11H2,1-3H3. The quantitative estimate of drug-likeness (QED) is 0.702. The largest absolute Gasteiger partial charge is 0.466 e. The second-order valence-corrected chi connectivity index (χ2v) is 4.42. The number of esters is 1. The molecule has 2 heteroatoms. The van der Waals surface area contributed by atoms with Crippen molar-refractivity contribution in [1.29, 1.82) is 0 Å². The number of hydrogen-bond donors (Lipinski definition) is 0. The van der Waals surface area contributed by atoms with Gasteiger partial charge in [-0.05, 0) is 29.9 Å². The molecule has 0 heterocycles. The summed E-state index contributed by atoms with van der Waals surface area (Å²) >= 11 is 0. The molecule has 1 aromatic rings. The summed E-state index contributed by atoms with van der Waals surface area (Å²) in [6.07, 6.45) is 2.39. The van der Waals surface area contributed by atoms with Crippen LogP contribution in [0, 0.1) is 0 Å². The highest BCUT2D eigenvalue weighted by Gasteiger charge is 2.11. The smallest absolute Gasteiger partial charge is 0.306 e. The van der Waals surface area contributed by atoms with Crippen molar-refractivity contribution in [2.45, 2.75) is 46.0 Å². The molecule has 0 aliphatic heterocycles. The average molecular weight is 234 g/mol. The van der Waals surface area contributed by atoms with Crippen molar-refractivity contribution >= 4 is 5.97 Å². The summed E-state index contributed by atoms with van der Waals surface area (Å²) in [7, 11) is 0. The van der Waals surface area contributed by atoms with Crippen molar-refractivity contribution in [3.8, 4) is 0 Å². The van der Waals surface area contributed by atoms with Gasteiger partial charge in [0.05, 0.1) is 13.0 Å². The minimum Gasteiger partial charge on any atom is -0.466 e. The first-order chi connectivity index (χ1) is 8.17. The lowest BCUT2D eigenvalue weighted by molar-refractivity contribution is -0.144. The Morgan fingerprint density at radius 3 is 2.41 bits per heavy atom. The van der Waals surface area contributed by atoms with Gasteiger partial charge in [0.15, 0.2) is 0 Å². The SMILES string of the molecule is CCCOC(=O)CC(C)c1ccc(CC)cc1. The van der Waals surface area contributed by atoms with Gasteiger partial charge in [-0.1, -0.05) is 45.0 Å². The van der Waals surface area contributed by atoms with Gasteiger partial charge in [-0.2, -0.15) is 0 Å². The molecular weight excluding hydrogens is 212 g/mol. The van der Waals surface area contributed by atoms with E-state index in [1.54, 1.807) is 0 Å². The summed E-state index contributed by atoms with van der Waals surface area (Å²) in [6, 6.07) is 8.47. The van der Waals surface area contributed by atoms with Crippen LogP contribution in [0.5, 0.6) is 0 Å². The lowest BCUT2D eigenvalue weighted by atomic mass is 9.96. The van der Waals surface area contributed by atoms with Crippen molar-refractivity contribution in [2.75, 3.05) is 6.61 Å². The fourth-order valence-corrected chi connectivity index (χ4v) is 1.72. The van der Waals surface area contributed by atoms with Crippen molar-refractivity contribution < 1.29 is 9.53 Å². The number of aryl methyl sites for hydroxylation is 1. The zero-order chi connectivity index (χ0) is 12.7. The summed E-state index contributed by atoms with van der Waals surface area (Å²) in [5.74, 6) is 0.129. The maximum atomic E-state index is 11.5. The van der Waals surface area contributed by atoms with E-state index >= 15 is 0 Å². The zero-order valence-corrected chi connectivity index (χ0v) is 11.0. The lowest BCUT2D eigenvalue weighted by Gasteiger charge is -2.11. The third-order valence-corrected chi connectivity index (χ3v) is 2.90. The van der Waals surface area contributed by atoms with Crippen LogP contribution in [0.4, 0.5) is 0 Å². The van der Waals surface area contributed by atoms with E-state index in [9.17, 15) is 4.79 Å². The second-order valence-electron chi connectivity index (χ2n) is 4.42. The van der Waals surface area contributed by atoms with Crippen molar-refractivity contribution in [3.63, 3.8) is 0 Å². The molecular formula is C15H22O2. The van der Waals surface area contributed by atoms with E-state index in [2.05, 4.69) is 38.1 Å². The van der Waals surface area contributed by atoms with Gasteiger partial charge in [0.2, 0.25) is 0 Å². The molecule has 0 aliphatic carbocycles. The topological polar surface area (TPSA) is 26.3 Å². The average Bonchev–Trinajstić information content (AvgIpc) is 2.36. The number of carbonyl (C=O) groups excluding carboxylic acids is 1. The molecule has 0 amide bonds. The lowest BCUT2D eigenvalue weighted by Crippen LogP contribution is -2.09. The Balaban J connectivity index is 2.51. The van der Waals surface area contributed by atoms with E-state index in [1.807, 2.05) is 6.92 Å². The zero-order valence-electron chi connectivity index (χ0n) is 11.0.